The highest BCUT2D eigenvalue weighted by Gasteiger charge is 2.21. The van der Waals surface area contributed by atoms with Gasteiger partial charge >= 0.3 is 0 Å². The first-order valence-corrected chi connectivity index (χ1v) is 10.6. The summed E-state index contributed by atoms with van der Waals surface area (Å²) in [4.78, 5) is 11.2. The highest BCUT2D eigenvalue weighted by molar-refractivity contribution is 7.19. The maximum absolute atomic E-state index is 10.8. The van der Waals surface area contributed by atoms with Crippen LogP contribution in [-0.4, -0.2) is 19.6 Å². The third-order valence-corrected chi connectivity index (χ3v) is 6.58. The molecule has 0 bridgehead atoms. The lowest BCUT2D eigenvalue weighted by molar-refractivity contribution is 0.418. The molecule has 3 heterocycles. The van der Waals surface area contributed by atoms with Crippen LogP contribution in [0.4, 0.5) is 11.5 Å². The molecule has 1 aromatic carbocycles. The lowest BCUT2D eigenvalue weighted by Crippen LogP contribution is -1.96. The van der Waals surface area contributed by atoms with E-state index in [0.29, 0.717) is 11.5 Å². The minimum absolute atomic E-state index is 0.166. The van der Waals surface area contributed by atoms with E-state index in [0.717, 1.165) is 53.3 Å². The number of nitrogens with zero attached hydrogens (tertiary/aromatic N) is 5. The molecule has 1 N–H and O–H groups in total. The zero-order valence-electron chi connectivity index (χ0n) is 15.7. The topological polar surface area (TPSA) is 75.7 Å². The van der Waals surface area contributed by atoms with Gasteiger partial charge in [0, 0.05) is 16.8 Å². The first kappa shape index (κ1) is 17.3. The average molecular weight is 392 g/mol. The number of fused-ring (bicyclic) bond motifs is 4. The van der Waals surface area contributed by atoms with Crippen LogP contribution in [0, 0.1) is 0 Å². The van der Waals surface area contributed by atoms with Gasteiger partial charge in [0.05, 0.1) is 10.9 Å². The van der Waals surface area contributed by atoms with Gasteiger partial charge in [0.2, 0.25) is 5.88 Å². The monoisotopic (exact) mass is 391 g/mol. The molecular weight excluding hydrogens is 370 g/mol. The predicted octanol–water partition coefficient (Wildman–Crippen LogP) is 6.06. The Morgan fingerprint density at radius 1 is 1.18 bits per heavy atom. The van der Waals surface area contributed by atoms with E-state index >= 15 is 0 Å². The number of hydrogen-bond donors (Lipinski definition) is 1. The molecule has 0 saturated carbocycles. The summed E-state index contributed by atoms with van der Waals surface area (Å²) in [7, 11) is 0. The number of aryl methyl sites for hydroxylation is 3. The van der Waals surface area contributed by atoms with Crippen LogP contribution >= 0.6 is 11.3 Å². The first-order chi connectivity index (χ1) is 13.8. The van der Waals surface area contributed by atoms with E-state index in [4.69, 9.17) is 0 Å². The minimum atomic E-state index is 0.166. The van der Waals surface area contributed by atoms with Gasteiger partial charge in [0.15, 0.2) is 11.5 Å². The van der Waals surface area contributed by atoms with E-state index < -0.39 is 0 Å². The maximum Gasteiger partial charge on any atom is 0.220 e. The Kier molecular flexibility index (Phi) is 4.31. The number of para-hydroxylation sites is 1. The fraction of sp³-hybridized carbons (Fsp3) is 0.333. The Morgan fingerprint density at radius 2 is 2.07 bits per heavy atom. The van der Waals surface area contributed by atoms with Gasteiger partial charge in [-0.2, -0.15) is 0 Å². The summed E-state index contributed by atoms with van der Waals surface area (Å²) in [6.45, 7) is 2.90. The molecule has 1 aliphatic carbocycles. The molecule has 28 heavy (non-hydrogen) atoms. The number of hydrogen-bond acceptors (Lipinski definition) is 6. The summed E-state index contributed by atoms with van der Waals surface area (Å²) < 4.78 is 1.92. The molecule has 0 fully saturated rings. The molecule has 6 nitrogen and oxygen atoms in total. The van der Waals surface area contributed by atoms with Crippen LogP contribution in [0.1, 0.15) is 36.6 Å². The number of aromatic nitrogens is 3. The third-order valence-electron chi connectivity index (χ3n) is 5.38. The highest BCUT2D eigenvalue weighted by Crippen LogP contribution is 2.42. The first-order valence-electron chi connectivity index (χ1n) is 9.75. The molecule has 7 heteroatoms. The lowest BCUT2D eigenvalue weighted by atomic mass is 10.2. The smallest absolute Gasteiger partial charge is 0.220 e. The molecule has 0 unspecified atom stereocenters. The van der Waals surface area contributed by atoms with E-state index in [9.17, 15) is 5.11 Å². The zero-order valence-corrected chi connectivity index (χ0v) is 16.5. The minimum Gasteiger partial charge on any atom is -0.493 e. The molecule has 0 spiro atoms. The molecule has 0 amide bonds. The van der Waals surface area contributed by atoms with Gasteiger partial charge in [0.25, 0.3) is 0 Å². The Labute approximate surface area is 166 Å². The molecule has 3 aromatic heterocycles. The normalized spacial score (nSPS) is 13.9. The second-order valence-corrected chi connectivity index (χ2v) is 8.21. The highest BCUT2D eigenvalue weighted by atomic mass is 32.1. The van der Waals surface area contributed by atoms with Crippen LogP contribution in [-0.2, 0) is 19.4 Å². The van der Waals surface area contributed by atoms with Gasteiger partial charge in [-0.1, -0.05) is 31.5 Å². The fourth-order valence-electron chi connectivity index (χ4n) is 4.00. The van der Waals surface area contributed by atoms with Crippen LogP contribution in [0.5, 0.6) is 5.88 Å². The van der Waals surface area contributed by atoms with Crippen molar-refractivity contribution in [1.29, 1.82) is 0 Å². The van der Waals surface area contributed by atoms with Crippen molar-refractivity contribution in [3.8, 4) is 5.88 Å². The lowest BCUT2D eigenvalue weighted by Gasteiger charge is -2.05. The average Bonchev–Trinajstić information content (AvgIpc) is 3.37. The van der Waals surface area contributed by atoms with Gasteiger partial charge in [-0.25, -0.2) is 9.97 Å². The molecule has 0 radical (unpaired) electrons. The molecule has 0 saturated heterocycles. The number of rotatable bonds is 5. The van der Waals surface area contributed by atoms with E-state index in [1.165, 1.54) is 16.9 Å². The van der Waals surface area contributed by atoms with E-state index in [-0.39, 0.29) is 5.88 Å². The summed E-state index contributed by atoms with van der Waals surface area (Å²) in [6, 6.07) is 7.93. The quantitative estimate of drug-likeness (QED) is 0.420. The summed E-state index contributed by atoms with van der Waals surface area (Å²) in [6.07, 6.45) is 6.94. The fourth-order valence-corrected chi connectivity index (χ4v) is 5.22. The number of azo groups is 1. The van der Waals surface area contributed by atoms with Gasteiger partial charge in [-0.05, 0) is 37.3 Å². The molecule has 142 valence electrons. The molecule has 0 atom stereocenters. The SMILES string of the molecule is CCCCn1c(O)c(N=Nc2ncnc3sc4c(c23)CCC4)c2ccccc21. The Balaban J connectivity index is 1.62. The van der Waals surface area contributed by atoms with Gasteiger partial charge in [-0.3, -0.25) is 0 Å². The second-order valence-electron chi connectivity index (χ2n) is 7.13. The second kappa shape index (κ2) is 6.98. The van der Waals surface area contributed by atoms with Gasteiger partial charge in [0.1, 0.15) is 11.2 Å². The number of thiophene rings is 1. The Bertz CT molecular complexity index is 1210. The maximum atomic E-state index is 10.8. The Morgan fingerprint density at radius 3 is 2.96 bits per heavy atom. The van der Waals surface area contributed by atoms with Crippen LogP contribution in [0.3, 0.4) is 0 Å². The van der Waals surface area contributed by atoms with Crippen LogP contribution in [0.2, 0.25) is 0 Å². The summed E-state index contributed by atoms with van der Waals surface area (Å²) in [5, 5.41) is 21.7. The number of unbranched alkanes of at least 4 members (excludes halogenated alkanes) is 1. The molecule has 4 aromatic rings. The standard InChI is InChI=1S/C21H21N5OS/c1-2-3-11-26-15-9-5-4-7-13(15)18(21(26)27)24-25-19-17-14-8-6-10-16(14)28-20(17)23-12-22-19/h4-5,7,9,12,27H,2-3,6,8,10-11H2,1H3. The largest absolute Gasteiger partial charge is 0.493 e. The van der Waals surface area contributed by atoms with Crippen molar-refractivity contribution in [3.05, 3.63) is 41.0 Å². The number of benzene rings is 1. The van der Waals surface area contributed by atoms with Gasteiger partial charge < -0.3 is 9.67 Å². The summed E-state index contributed by atoms with van der Waals surface area (Å²) >= 11 is 1.73. The van der Waals surface area contributed by atoms with Gasteiger partial charge in [-0.15, -0.1) is 21.6 Å². The zero-order chi connectivity index (χ0) is 19.1. The van der Waals surface area contributed by atoms with Crippen molar-refractivity contribution in [2.45, 2.75) is 45.6 Å². The molecular formula is C21H21N5OS. The number of aromatic hydroxyl groups is 1. The van der Waals surface area contributed by atoms with Crippen molar-refractivity contribution < 1.29 is 5.11 Å². The Hall–Kier alpha value is -2.80. The summed E-state index contributed by atoms with van der Waals surface area (Å²) in [5.74, 6) is 0.758. The molecule has 5 rings (SSSR count). The van der Waals surface area contributed by atoms with Crippen molar-refractivity contribution in [2.24, 2.45) is 10.2 Å². The predicted molar refractivity (Wildman–Crippen MR) is 112 cm³/mol. The summed E-state index contributed by atoms with van der Waals surface area (Å²) in [5.41, 5.74) is 2.81. The van der Waals surface area contributed by atoms with Crippen LogP contribution in [0.25, 0.3) is 21.1 Å². The van der Waals surface area contributed by atoms with Crippen molar-refractivity contribution in [3.63, 3.8) is 0 Å². The van der Waals surface area contributed by atoms with Crippen LogP contribution in [0.15, 0.2) is 40.8 Å². The molecule has 0 aliphatic heterocycles. The van der Waals surface area contributed by atoms with E-state index in [1.807, 2.05) is 28.8 Å². The molecule has 1 aliphatic rings. The van der Waals surface area contributed by atoms with E-state index in [1.54, 1.807) is 17.7 Å². The van der Waals surface area contributed by atoms with Crippen LogP contribution < -0.4 is 0 Å². The third kappa shape index (κ3) is 2.69. The van der Waals surface area contributed by atoms with Crippen molar-refractivity contribution in [1.82, 2.24) is 14.5 Å². The van der Waals surface area contributed by atoms with Crippen molar-refractivity contribution >= 4 is 44.0 Å². The van der Waals surface area contributed by atoms with Crippen molar-refractivity contribution in [2.75, 3.05) is 0 Å². The van der Waals surface area contributed by atoms with E-state index in [2.05, 4.69) is 27.1 Å².